The van der Waals surface area contributed by atoms with Crippen LogP contribution in [0.3, 0.4) is 0 Å². The maximum absolute atomic E-state index is 9.79. The SMILES string of the molecule is CCCCC(CC)COCC(O)CNCC(O)C(C)C. The van der Waals surface area contributed by atoms with E-state index in [1.54, 1.807) is 0 Å². The van der Waals surface area contributed by atoms with Crippen LogP contribution in [0.1, 0.15) is 53.4 Å². The molecule has 0 aromatic carbocycles. The Morgan fingerprint density at radius 1 is 1.05 bits per heavy atom. The monoisotopic (exact) mass is 289 g/mol. The summed E-state index contributed by atoms with van der Waals surface area (Å²) in [5, 5.41) is 22.5. The molecule has 0 aliphatic heterocycles. The highest BCUT2D eigenvalue weighted by Crippen LogP contribution is 2.12. The van der Waals surface area contributed by atoms with Crippen molar-refractivity contribution in [2.75, 3.05) is 26.3 Å². The lowest BCUT2D eigenvalue weighted by atomic mass is 10.0. The lowest BCUT2D eigenvalue weighted by molar-refractivity contribution is 0.0174. The standard InChI is InChI=1S/C16H35NO3/c1-5-7-8-14(6-2)11-20-12-15(18)9-17-10-16(19)13(3)4/h13-19H,5-12H2,1-4H3. The van der Waals surface area contributed by atoms with Gasteiger partial charge in [0.15, 0.2) is 0 Å². The van der Waals surface area contributed by atoms with E-state index in [9.17, 15) is 10.2 Å². The molecule has 0 aliphatic rings. The van der Waals surface area contributed by atoms with Crippen molar-refractivity contribution in [3.8, 4) is 0 Å². The van der Waals surface area contributed by atoms with Crippen molar-refractivity contribution in [2.24, 2.45) is 11.8 Å². The quantitative estimate of drug-likeness (QED) is 0.486. The molecule has 0 aliphatic carbocycles. The first-order chi connectivity index (χ1) is 9.51. The smallest absolute Gasteiger partial charge is 0.0897 e. The second-order valence-electron chi connectivity index (χ2n) is 6.08. The third-order valence-corrected chi connectivity index (χ3v) is 3.71. The Morgan fingerprint density at radius 2 is 1.75 bits per heavy atom. The van der Waals surface area contributed by atoms with Gasteiger partial charge in [0.25, 0.3) is 0 Å². The van der Waals surface area contributed by atoms with Crippen LogP contribution in [0.4, 0.5) is 0 Å². The van der Waals surface area contributed by atoms with E-state index < -0.39 is 6.10 Å². The van der Waals surface area contributed by atoms with Gasteiger partial charge in [-0.2, -0.15) is 0 Å². The molecule has 3 unspecified atom stereocenters. The fourth-order valence-corrected chi connectivity index (χ4v) is 1.96. The predicted molar refractivity (Wildman–Crippen MR) is 83.8 cm³/mol. The summed E-state index contributed by atoms with van der Waals surface area (Å²) in [5.74, 6) is 0.845. The molecule has 3 N–H and O–H groups in total. The number of unbranched alkanes of at least 4 members (excludes halogenated alkanes) is 1. The molecular weight excluding hydrogens is 254 g/mol. The lowest BCUT2D eigenvalue weighted by Crippen LogP contribution is -2.37. The number of aliphatic hydroxyl groups is 2. The highest BCUT2D eigenvalue weighted by atomic mass is 16.5. The molecule has 3 atom stereocenters. The first-order valence-electron chi connectivity index (χ1n) is 8.15. The normalized spacial score (nSPS) is 16.4. The van der Waals surface area contributed by atoms with E-state index in [-0.39, 0.29) is 12.0 Å². The van der Waals surface area contributed by atoms with Crippen LogP contribution in [0.25, 0.3) is 0 Å². The average molecular weight is 289 g/mol. The van der Waals surface area contributed by atoms with Crippen LogP contribution >= 0.6 is 0 Å². The van der Waals surface area contributed by atoms with Gasteiger partial charge in [-0.25, -0.2) is 0 Å². The Bertz CT molecular complexity index is 212. The molecular formula is C16H35NO3. The van der Waals surface area contributed by atoms with E-state index in [0.29, 0.717) is 25.6 Å². The van der Waals surface area contributed by atoms with E-state index in [2.05, 4.69) is 19.2 Å². The number of hydrogen-bond acceptors (Lipinski definition) is 4. The van der Waals surface area contributed by atoms with Gasteiger partial charge in [-0.1, -0.05) is 47.0 Å². The third-order valence-electron chi connectivity index (χ3n) is 3.71. The van der Waals surface area contributed by atoms with Gasteiger partial charge in [0.05, 0.1) is 18.8 Å². The van der Waals surface area contributed by atoms with Crippen molar-refractivity contribution in [3.05, 3.63) is 0 Å². The van der Waals surface area contributed by atoms with Crippen LogP contribution in [0.2, 0.25) is 0 Å². The van der Waals surface area contributed by atoms with Gasteiger partial charge < -0.3 is 20.3 Å². The molecule has 0 amide bonds. The topological polar surface area (TPSA) is 61.7 Å². The molecule has 122 valence electrons. The van der Waals surface area contributed by atoms with Gasteiger partial charge in [-0.15, -0.1) is 0 Å². The number of nitrogens with one attached hydrogen (secondary N) is 1. The largest absolute Gasteiger partial charge is 0.392 e. The van der Waals surface area contributed by atoms with E-state index in [1.165, 1.54) is 19.3 Å². The number of aliphatic hydroxyl groups excluding tert-OH is 2. The second-order valence-corrected chi connectivity index (χ2v) is 6.08. The van der Waals surface area contributed by atoms with Gasteiger partial charge in [0, 0.05) is 19.7 Å². The van der Waals surface area contributed by atoms with Gasteiger partial charge in [-0.05, 0) is 18.3 Å². The molecule has 4 nitrogen and oxygen atoms in total. The minimum absolute atomic E-state index is 0.236. The molecule has 20 heavy (non-hydrogen) atoms. The molecule has 0 fully saturated rings. The Balaban J connectivity index is 3.59. The van der Waals surface area contributed by atoms with Crippen molar-refractivity contribution < 1.29 is 14.9 Å². The predicted octanol–water partition coefficient (Wildman–Crippen LogP) is 2.19. The van der Waals surface area contributed by atoms with Crippen molar-refractivity contribution in [3.63, 3.8) is 0 Å². The van der Waals surface area contributed by atoms with E-state index in [1.807, 2.05) is 13.8 Å². The van der Waals surface area contributed by atoms with Crippen LogP contribution in [0, 0.1) is 11.8 Å². The summed E-state index contributed by atoms with van der Waals surface area (Å²) in [6.45, 7) is 10.4. The zero-order chi connectivity index (χ0) is 15.4. The van der Waals surface area contributed by atoms with Crippen molar-refractivity contribution >= 4 is 0 Å². The summed E-state index contributed by atoms with van der Waals surface area (Å²) in [6, 6.07) is 0. The minimum atomic E-state index is -0.502. The molecule has 0 heterocycles. The van der Waals surface area contributed by atoms with E-state index >= 15 is 0 Å². The molecule has 0 rings (SSSR count). The average Bonchev–Trinajstić information content (AvgIpc) is 2.42. The fraction of sp³-hybridized carbons (Fsp3) is 1.00. The summed E-state index contributed by atoms with van der Waals surface area (Å²) < 4.78 is 5.60. The summed E-state index contributed by atoms with van der Waals surface area (Å²) in [4.78, 5) is 0. The maximum atomic E-state index is 9.79. The molecule has 0 radical (unpaired) electrons. The molecule has 0 spiro atoms. The first-order valence-corrected chi connectivity index (χ1v) is 8.15. The Hall–Kier alpha value is -0.160. The Labute approximate surface area is 124 Å². The number of rotatable bonds is 13. The van der Waals surface area contributed by atoms with Crippen molar-refractivity contribution in [2.45, 2.75) is 65.6 Å². The van der Waals surface area contributed by atoms with Crippen LogP contribution in [0.5, 0.6) is 0 Å². The fourth-order valence-electron chi connectivity index (χ4n) is 1.96. The first kappa shape index (κ1) is 19.8. The third kappa shape index (κ3) is 10.6. The highest BCUT2D eigenvalue weighted by molar-refractivity contribution is 4.66. The van der Waals surface area contributed by atoms with Gasteiger partial charge >= 0.3 is 0 Å². The van der Waals surface area contributed by atoms with Crippen LogP contribution in [-0.4, -0.2) is 48.7 Å². The zero-order valence-electron chi connectivity index (χ0n) is 13.8. The van der Waals surface area contributed by atoms with Gasteiger partial charge in [-0.3, -0.25) is 0 Å². The van der Waals surface area contributed by atoms with Gasteiger partial charge in [0.2, 0.25) is 0 Å². The molecule has 4 heteroatoms. The van der Waals surface area contributed by atoms with Crippen LogP contribution in [0.15, 0.2) is 0 Å². The summed E-state index contributed by atoms with van der Waals surface area (Å²) in [6.07, 6.45) is 3.96. The Morgan fingerprint density at radius 3 is 2.30 bits per heavy atom. The number of ether oxygens (including phenoxy) is 1. The Kier molecular flexibility index (Phi) is 12.5. The highest BCUT2D eigenvalue weighted by Gasteiger charge is 2.11. The molecule has 0 aromatic rings. The van der Waals surface area contributed by atoms with Crippen molar-refractivity contribution in [1.29, 1.82) is 0 Å². The van der Waals surface area contributed by atoms with Crippen LogP contribution in [-0.2, 0) is 4.74 Å². The molecule has 0 bridgehead atoms. The van der Waals surface area contributed by atoms with Gasteiger partial charge in [0.1, 0.15) is 0 Å². The molecule has 0 aromatic heterocycles. The molecule has 0 saturated carbocycles. The van der Waals surface area contributed by atoms with E-state index in [4.69, 9.17) is 4.74 Å². The van der Waals surface area contributed by atoms with E-state index in [0.717, 1.165) is 13.0 Å². The summed E-state index contributed by atoms with van der Waals surface area (Å²) >= 11 is 0. The van der Waals surface area contributed by atoms with Crippen LogP contribution < -0.4 is 5.32 Å². The minimum Gasteiger partial charge on any atom is -0.392 e. The maximum Gasteiger partial charge on any atom is 0.0897 e. The lowest BCUT2D eigenvalue weighted by Gasteiger charge is -2.19. The summed E-state index contributed by atoms with van der Waals surface area (Å²) in [5.41, 5.74) is 0. The zero-order valence-corrected chi connectivity index (χ0v) is 13.8. The second kappa shape index (κ2) is 12.6. The molecule has 0 saturated heterocycles. The van der Waals surface area contributed by atoms with Crippen molar-refractivity contribution in [1.82, 2.24) is 5.32 Å². The number of hydrogen-bond donors (Lipinski definition) is 3. The summed E-state index contributed by atoms with van der Waals surface area (Å²) in [7, 11) is 0.